The number of alkyl halides is 3. The van der Waals surface area contributed by atoms with E-state index >= 15 is 0 Å². The highest BCUT2D eigenvalue weighted by Gasteiger charge is 2.36. The quantitative estimate of drug-likeness (QED) is 0.828. The molecule has 0 atom stereocenters. The summed E-state index contributed by atoms with van der Waals surface area (Å²) >= 11 is 0. The van der Waals surface area contributed by atoms with Crippen molar-refractivity contribution in [2.45, 2.75) is 25.9 Å². The fraction of sp³-hybridized carbons (Fsp3) is 0.500. The molecule has 1 N–H and O–H groups in total. The number of nitrogens with one attached hydrogen (secondary N) is 1. The van der Waals surface area contributed by atoms with Gasteiger partial charge in [0, 0.05) is 12.2 Å². The molecule has 88 valence electrons. The lowest BCUT2D eigenvalue weighted by Gasteiger charge is -2.12. The van der Waals surface area contributed by atoms with Gasteiger partial charge in [0.1, 0.15) is 0 Å². The van der Waals surface area contributed by atoms with Crippen molar-refractivity contribution >= 4 is 5.69 Å². The Morgan fingerprint density at radius 2 is 1.75 bits per heavy atom. The maximum Gasteiger partial charge on any atom is 0.416 e. The molecule has 0 radical (unpaired) electrons. The van der Waals surface area contributed by atoms with Gasteiger partial charge in [-0.25, -0.2) is 0 Å². The lowest BCUT2D eigenvalue weighted by atomic mass is 10.1. The highest BCUT2D eigenvalue weighted by atomic mass is 19.4. The van der Waals surface area contributed by atoms with Gasteiger partial charge in [0.15, 0.2) is 0 Å². The molecule has 1 fully saturated rings. The van der Waals surface area contributed by atoms with Gasteiger partial charge >= 0.3 is 6.18 Å². The van der Waals surface area contributed by atoms with Crippen LogP contribution < -0.4 is 5.32 Å². The number of hydrogen-bond acceptors (Lipinski definition) is 1. The van der Waals surface area contributed by atoms with Crippen molar-refractivity contribution in [3.8, 4) is 0 Å². The van der Waals surface area contributed by atoms with Crippen LogP contribution in [0.3, 0.4) is 0 Å². The fourth-order valence-electron chi connectivity index (χ4n) is 1.48. The van der Waals surface area contributed by atoms with Crippen molar-refractivity contribution in [2.75, 3.05) is 11.9 Å². The van der Waals surface area contributed by atoms with Crippen LogP contribution in [0.4, 0.5) is 18.9 Å². The largest absolute Gasteiger partial charge is 0.416 e. The molecule has 16 heavy (non-hydrogen) atoms. The Labute approximate surface area is 92.7 Å². The number of halogens is 3. The summed E-state index contributed by atoms with van der Waals surface area (Å²) < 4.78 is 36.9. The van der Waals surface area contributed by atoms with Crippen molar-refractivity contribution < 1.29 is 13.2 Å². The second kappa shape index (κ2) is 3.68. The van der Waals surface area contributed by atoms with E-state index in [1.54, 1.807) is 0 Å². The summed E-state index contributed by atoms with van der Waals surface area (Å²) in [4.78, 5) is 0. The normalized spacial score (nSPS) is 18.2. The van der Waals surface area contributed by atoms with Crippen molar-refractivity contribution in [3.05, 3.63) is 29.8 Å². The average molecular weight is 229 g/mol. The Morgan fingerprint density at radius 1 is 1.19 bits per heavy atom. The third-order valence-corrected chi connectivity index (χ3v) is 3.04. The molecule has 1 aliphatic rings. The zero-order valence-corrected chi connectivity index (χ0v) is 9.06. The third-order valence-electron chi connectivity index (χ3n) is 3.04. The maximum absolute atomic E-state index is 12.3. The molecular weight excluding hydrogens is 215 g/mol. The molecule has 1 aromatic rings. The lowest BCUT2D eigenvalue weighted by Crippen LogP contribution is -2.12. The molecule has 0 spiro atoms. The maximum atomic E-state index is 12.3. The number of hydrogen-bond donors (Lipinski definition) is 1. The van der Waals surface area contributed by atoms with Crippen LogP contribution in [0.2, 0.25) is 0 Å². The Bertz CT molecular complexity index is 363. The summed E-state index contributed by atoms with van der Waals surface area (Å²) in [6.45, 7) is 3.00. The number of anilines is 1. The van der Waals surface area contributed by atoms with Gasteiger partial charge in [-0.1, -0.05) is 6.92 Å². The van der Waals surface area contributed by atoms with Crippen LogP contribution in [0.5, 0.6) is 0 Å². The molecule has 0 bridgehead atoms. The molecule has 1 nitrogen and oxygen atoms in total. The summed E-state index contributed by atoms with van der Waals surface area (Å²) in [5, 5.41) is 3.16. The van der Waals surface area contributed by atoms with Gasteiger partial charge in [-0.3, -0.25) is 0 Å². The molecule has 0 unspecified atom stereocenters. The van der Waals surface area contributed by atoms with Crippen molar-refractivity contribution in [1.82, 2.24) is 0 Å². The molecule has 2 rings (SSSR count). The summed E-state index contributed by atoms with van der Waals surface area (Å²) in [6.07, 6.45) is -1.86. The highest BCUT2D eigenvalue weighted by Crippen LogP contribution is 2.44. The Balaban J connectivity index is 1.96. The van der Waals surface area contributed by atoms with Gasteiger partial charge in [-0.05, 0) is 42.5 Å². The SMILES string of the molecule is CC1(CNc2ccc(C(F)(F)F)cc2)CC1. The summed E-state index contributed by atoms with van der Waals surface area (Å²) in [7, 11) is 0. The van der Waals surface area contributed by atoms with Crippen LogP contribution in [0, 0.1) is 5.41 Å². The van der Waals surface area contributed by atoms with Crippen LogP contribution in [0.1, 0.15) is 25.3 Å². The lowest BCUT2D eigenvalue weighted by molar-refractivity contribution is -0.137. The first kappa shape index (κ1) is 11.3. The topological polar surface area (TPSA) is 12.0 Å². The molecule has 0 amide bonds. The molecule has 1 saturated carbocycles. The van der Waals surface area contributed by atoms with E-state index in [9.17, 15) is 13.2 Å². The van der Waals surface area contributed by atoms with Crippen LogP contribution in [0.25, 0.3) is 0 Å². The van der Waals surface area contributed by atoms with Gasteiger partial charge in [0.25, 0.3) is 0 Å². The van der Waals surface area contributed by atoms with Crippen LogP contribution in [-0.4, -0.2) is 6.54 Å². The molecule has 1 aromatic carbocycles. The molecular formula is C12H14F3N. The predicted octanol–water partition coefficient (Wildman–Crippen LogP) is 3.92. The first-order valence-corrected chi connectivity index (χ1v) is 5.30. The minimum Gasteiger partial charge on any atom is -0.384 e. The van der Waals surface area contributed by atoms with E-state index in [1.807, 2.05) is 0 Å². The third kappa shape index (κ3) is 2.68. The van der Waals surface area contributed by atoms with Crippen LogP contribution in [-0.2, 0) is 6.18 Å². The first-order valence-electron chi connectivity index (χ1n) is 5.30. The van der Waals surface area contributed by atoms with E-state index in [0.29, 0.717) is 5.41 Å². The van der Waals surface area contributed by atoms with E-state index in [2.05, 4.69) is 12.2 Å². The van der Waals surface area contributed by atoms with Gasteiger partial charge in [-0.15, -0.1) is 0 Å². The Morgan fingerprint density at radius 3 is 2.19 bits per heavy atom. The molecule has 0 saturated heterocycles. The average Bonchev–Trinajstić information content (AvgIpc) is 2.94. The van der Waals surface area contributed by atoms with Crippen LogP contribution >= 0.6 is 0 Å². The van der Waals surface area contributed by atoms with E-state index < -0.39 is 11.7 Å². The van der Waals surface area contributed by atoms with Gasteiger partial charge in [-0.2, -0.15) is 13.2 Å². The van der Waals surface area contributed by atoms with Gasteiger partial charge in [0.2, 0.25) is 0 Å². The van der Waals surface area contributed by atoms with Crippen molar-refractivity contribution in [1.29, 1.82) is 0 Å². The van der Waals surface area contributed by atoms with E-state index in [4.69, 9.17) is 0 Å². The van der Waals surface area contributed by atoms with Crippen molar-refractivity contribution in [2.24, 2.45) is 5.41 Å². The monoisotopic (exact) mass is 229 g/mol. The smallest absolute Gasteiger partial charge is 0.384 e. The molecule has 0 heterocycles. The van der Waals surface area contributed by atoms with Crippen LogP contribution in [0.15, 0.2) is 24.3 Å². The van der Waals surface area contributed by atoms with Gasteiger partial charge < -0.3 is 5.32 Å². The highest BCUT2D eigenvalue weighted by molar-refractivity contribution is 5.45. The summed E-state index contributed by atoms with van der Waals surface area (Å²) in [5.41, 5.74) is 0.500. The molecule has 1 aliphatic carbocycles. The predicted molar refractivity (Wildman–Crippen MR) is 57.3 cm³/mol. The standard InChI is InChI=1S/C12H14F3N/c1-11(6-7-11)8-16-10-4-2-9(3-5-10)12(13,14)15/h2-5,16H,6-8H2,1H3. The van der Waals surface area contributed by atoms with E-state index in [1.165, 1.54) is 25.0 Å². The van der Waals surface area contributed by atoms with E-state index in [0.717, 1.165) is 24.4 Å². The number of benzene rings is 1. The second-order valence-corrected chi connectivity index (χ2v) is 4.74. The van der Waals surface area contributed by atoms with Crippen molar-refractivity contribution in [3.63, 3.8) is 0 Å². The first-order chi connectivity index (χ1) is 7.39. The Kier molecular flexibility index (Phi) is 2.60. The zero-order valence-electron chi connectivity index (χ0n) is 9.06. The molecule has 0 aliphatic heterocycles. The minimum atomic E-state index is -4.25. The fourth-order valence-corrected chi connectivity index (χ4v) is 1.48. The van der Waals surface area contributed by atoms with E-state index in [-0.39, 0.29) is 0 Å². The molecule has 4 heteroatoms. The Hall–Kier alpha value is -1.19. The number of rotatable bonds is 3. The van der Waals surface area contributed by atoms with Gasteiger partial charge in [0.05, 0.1) is 5.56 Å². The minimum absolute atomic E-state index is 0.350. The zero-order chi connectivity index (χ0) is 11.8. The summed E-state index contributed by atoms with van der Waals surface area (Å²) in [6, 6.07) is 5.18. The second-order valence-electron chi connectivity index (χ2n) is 4.74. The molecule has 0 aromatic heterocycles. The summed E-state index contributed by atoms with van der Waals surface area (Å²) in [5.74, 6) is 0.